The third kappa shape index (κ3) is 6.30. The number of rotatable bonds is 9. The van der Waals surface area contributed by atoms with Crippen LogP contribution >= 0.6 is 0 Å². The van der Waals surface area contributed by atoms with Crippen LogP contribution in [-0.2, 0) is 21.2 Å². The van der Waals surface area contributed by atoms with Crippen LogP contribution in [0, 0.1) is 5.92 Å². The van der Waals surface area contributed by atoms with Crippen LogP contribution in [0.2, 0.25) is 0 Å². The van der Waals surface area contributed by atoms with Gasteiger partial charge in [-0.3, -0.25) is 4.79 Å². The van der Waals surface area contributed by atoms with E-state index in [-0.39, 0.29) is 23.3 Å². The number of carbonyl (C=O) groups is 1. The van der Waals surface area contributed by atoms with Crippen molar-refractivity contribution in [1.29, 1.82) is 0 Å². The van der Waals surface area contributed by atoms with Crippen molar-refractivity contribution in [1.82, 2.24) is 9.62 Å². The van der Waals surface area contributed by atoms with Crippen LogP contribution in [-0.4, -0.2) is 52.9 Å². The zero-order valence-electron chi connectivity index (χ0n) is 20.9. The Bertz CT molecular complexity index is 1080. The summed E-state index contributed by atoms with van der Waals surface area (Å²) < 4.78 is 31.5. The number of ether oxygens (including phenoxy) is 1. The first-order valence-corrected chi connectivity index (χ1v) is 13.3. The van der Waals surface area contributed by atoms with E-state index >= 15 is 0 Å². The number of hydrogen-bond donors (Lipinski definition) is 1. The minimum absolute atomic E-state index is 0.0930. The number of nitrogens with one attached hydrogen (secondary N) is 1. The second-order valence-corrected chi connectivity index (χ2v) is 11.5. The van der Waals surface area contributed by atoms with Crippen molar-refractivity contribution < 1.29 is 17.9 Å². The van der Waals surface area contributed by atoms with E-state index in [9.17, 15) is 13.2 Å². The molecule has 1 aliphatic rings. The standard InChI is InChI=1S/C26H37N3O4S/c1-19-14-16-29(17-15-19)23-9-6-21(7-10-23)20(2)27-26(30)13-8-22-18-24(11-12-25(22)33-5)34(31,32)28(3)4/h6-7,9-12,18-20H,8,13-17H2,1-5H3,(H,27,30)/t20-/m0/s1. The third-order valence-electron chi connectivity index (χ3n) is 6.57. The summed E-state index contributed by atoms with van der Waals surface area (Å²) in [5, 5.41) is 3.05. The van der Waals surface area contributed by atoms with Gasteiger partial charge in [0.15, 0.2) is 0 Å². The van der Waals surface area contributed by atoms with Crippen molar-refractivity contribution in [3.63, 3.8) is 0 Å². The molecule has 34 heavy (non-hydrogen) atoms. The van der Waals surface area contributed by atoms with Gasteiger partial charge in [-0.05, 0) is 73.6 Å². The number of hydrogen-bond acceptors (Lipinski definition) is 5. The third-order valence-corrected chi connectivity index (χ3v) is 8.38. The van der Waals surface area contributed by atoms with E-state index in [1.807, 2.05) is 6.92 Å². The Balaban J connectivity index is 1.59. The maximum absolute atomic E-state index is 12.6. The molecule has 1 aliphatic heterocycles. The molecule has 0 aliphatic carbocycles. The number of anilines is 1. The molecule has 1 N–H and O–H groups in total. The van der Waals surface area contributed by atoms with Gasteiger partial charge in [0.05, 0.1) is 18.0 Å². The van der Waals surface area contributed by atoms with Crippen LogP contribution < -0.4 is 15.0 Å². The average Bonchev–Trinajstić information content (AvgIpc) is 2.83. The van der Waals surface area contributed by atoms with Crippen LogP contribution in [0.3, 0.4) is 0 Å². The van der Waals surface area contributed by atoms with Crippen molar-refractivity contribution in [2.45, 2.75) is 50.5 Å². The lowest BCUT2D eigenvalue weighted by Crippen LogP contribution is -2.32. The second kappa shape index (κ2) is 11.2. The van der Waals surface area contributed by atoms with Gasteiger partial charge in [0.25, 0.3) is 0 Å². The van der Waals surface area contributed by atoms with Crippen LogP contribution in [0.4, 0.5) is 5.69 Å². The number of nitrogens with zero attached hydrogens (tertiary/aromatic N) is 2. The molecule has 8 heteroatoms. The van der Waals surface area contributed by atoms with E-state index in [2.05, 4.69) is 41.4 Å². The fraction of sp³-hybridized carbons (Fsp3) is 0.500. The van der Waals surface area contributed by atoms with Gasteiger partial charge in [-0.2, -0.15) is 0 Å². The number of amides is 1. The van der Waals surface area contributed by atoms with Gasteiger partial charge in [0.1, 0.15) is 5.75 Å². The highest BCUT2D eigenvalue weighted by Crippen LogP contribution is 2.26. The normalized spacial score (nSPS) is 15.9. The Morgan fingerprint density at radius 1 is 1.15 bits per heavy atom. The molecule has 0 unspecified atom stereocenters. The van der Waals surface area contributed by atoms with Crippen LogP contribution in [0.15, 0.2) is 47.4 Å². The van der Waals surface area contributed by atoms with Gasteiger partial charge >= 0.3 is 0 Å². The van der Waals surface area contributed by atoms with E-state index in [1.54, 1.807) is 12.1 Å². The van der Waals surface area contributed by atoms with Crippen molar-refractivity contribution >= 4 is 21.6 Å². The van der Waals surface area contributed by atoms with Gasteiger partial charge in [-0.25, -0.2) is 12.7 Å². The summed E-state index contributed by atoms with van der Waals surface area (Å²) in [5.41, 5.74) is 2.97. The van der Waals surface area contributed by atoms with E-state index in [0.717, 1.165) is 24.6 Å². The summed E-state index contributed by atoms with van der Waals surface area (Å²) in [6.45, 7) is 6.46. The maximum Gasteiger partial charge on any atom is 0.242 e. The lowest BCUT2D eigenvalue weighted by atomic mass is 9.98. The van der Waals surface area contributed by atoms with Gasteiger partial charge in [0.2, 0.25) is 15.9 Å². The second-order valence-electron chi connectivity index (χ2n) is 9.31. The summed E-state index contributed by atoms with van der Waals surface area (Å²) in [4.78, 5) is 15.3. The Morgan fingerprint density at radius 3 is 2.38 bits per heavy atom. The summed E-state index contributed by atoms with van der Waals surface area (Å²) >= 11 is 0. The largest absolute Gasteiger partial charge is 0.496 e. The van der Waals surface area contributed by atoms with Gasteiger partial charge < -0.3 is 15.0 Å². The van der Waals surface area contributed by atoms with Crippen molar-refractivity contribution in [2.24, 2.45) is 5.92 Å². The summed E-state index contributed by atoms with van der Waals surface area (Å²) in [7, 11) is 0.965. The summed E-state index contributed by atoms with van der Waals surface area (Å²) in [6.07, 6.45) is 3.06. The highest BCUT2D eigenvalue weighted by atomic mass is 32.2. The minimum atomic E-state index is -3.56. The predicted molar refractivity (Wildman–Crippen MR) is 136 cm³/mol. The molecule has 0 spiro atoms. The molecule has 2 aromatic rings. The monoisotopic (exact) mass is 487 g/mol. The first kappa shape index (κ1) is 26.0. The zero-order chi connectivity index (χ0) is 24.9. The number of carbonyl (C=O) groups excluding carboxylic acids is 1. The molecule has 2 aromatic carbocycles. The molecular formula is C26H37N3O4S. The van der Waals surface area contributed by atoms with Crippen molar-refractivity contribution in [3.8, 4) is 5.75 Å². The van der Waals surface area contributed by atoms with Gasteiger partial charge in [0, 0.05) is 39.3 Å². The first-order chi connectivity index (χ1) is 16.1. The van der Waals surface area contributed by atoms with Crippen LogP contribution in [0.5, 0.6) is 5.75 Å². The Kier molecular flexibility index (Phi) is 8.60. The molecular weight excluding hydrogens is 450 g/mol. The highest BCUT2D eigenvalue weighted by molar-refractivity contribution is 7.89. The average molecular weight is 488 g/mol. The molecule has 0 aromatic heterocycles. The lowest BCUT2D eigenvalue weighted by Gasteiger charge is -2.32. The zero-order valence-corrected chi connectivity index (χ0v) is 21.7. The minimum Gasteiger partial charge on any atom is -0.496 e. The Morgan fingerprint density at radius 2 is 1.79 bits per heavy atom. The molecule has 0 radical (unpaired) electrons. The lowest BCUT2D eigenvalue weighted by molar-refractivity contribution is -0.121. The van der Waals surface area contributed by atoms with E-state index in [1.165, 1.54) is 50.1 Å². The summed E-state index contributed by atoms with van der Waals surface area (Å²) in [5.74, 6) is 1.27. The number of benzene rings is 2. The van der Waals surface area contributed by atoms with Crippen molar-refractivity contribution in [2.75, 3.05) is 39.2 Å². The quantitative estimate of drug-likeness (QED) is 0.579. The van der Waals surface area contributed by atoms with Crippen molar-refractivity contribution in [3.05, 3.63) is 53.6 Å². The van der Waals surface area contributed by atoms with Crippen LogP contribution in [0.25, 0.3) is 0 Å². The first-order valence-electron chi connectivity index (χ1n) is 11.9. The molecule has 186 valence electrons. The smallest absolute Gasteiger partial charge is 0.242 e. The fourth-order valence-corrected chi connectivity index (χ4v) is 5.16. The Hall–Kier alpha value is -2.58. The number of piperidine rings is 1. The number of methoxy groups -OCH3 is 1. The van der Waals surface area contributed by atoms with Gasteiger partial charge in [-0.1, -0.05) is 19.1 Å². The molecule has 1 fully saturated rings. The van der Waals surface area contributed by atoms with E-state index in [4.69, 9.17) is 4.74 Å². The molecule has 1 atom stereocenters. The Labute approximate surface area is 204 Å². The highest BCUT2D eigenvalue weighted by Gasteiger charge is 2.20. The topological polar surface area (TPSA) is 79.0 Å². The maximum atomic E-state index is 12.6. The number of sulfonamides is 1. The molecule has 1 heterocycles. The molecule has 1 saturated heterocycles. The molecule has 1 amide bonds. The molecule has 7 nitrogen and oxygen atoms in total. The van der Waals surface area contributed by atoms with E-state index < -0.39 is 10.0 Å². The molecule has 0 saturated carbocycles. The van der Waals surface area contributed by atoms with E-state index in [0.29, 0.717) is 17.7 Å². The van der Waals surface area contributed by atoms with Crippen LogP contribution in [0.1, 0.15) is 50.3 Å². The summed E-state index contributed by atoms with van der Waals surface area (Å²) in [6, 6.07) is 13.1. The van der Waals surface area contributed by atoms with Gasteiger partial charge in [-0.15, -0.1) is 0 Å². The molecule has 3 rings (SSSR count). The fourth-order valence-electron chi connectivity index (χ4n) is 4.21. The SMILES string of the molecule is COc1ccc(S(=O)(=O)N(C)C)cc1CCC(=O)N[C@@H](C)c1ccc(N2CCC(C)CC2)cc1. The number of aryl methyl sites for hydroxylation is 1. The molecule has 0 bridgehead atoms. The predicted octanol–water partition coefficient (Wildman–Crippen LogP) is 3.99.